The predicted octanol–water partition coefficient (Wildman–Crippen LogP) is 17.0. The van der Waals surface area contributed by atoms with Gasteiger partial charge in [-0.25, -0.2) is 0 Å². The molecule has 0 N–H and O–H groups in total. The van der Waals surface area contributed by atoms with E-state index in [1.165, 1.54) is 109 Å². The third-order valence-electron chi connectivity index (χ3n) is 10.9. The minimum absolute atomic E-state index is 0.0933. The lowest BCUT2D eigenvalue weighted by Gasteiger charge is -2.18. The van der Waals surface area contributed by atoms with Gasteiger partial charge in [-0.1, -0.05) is 196 Å². The molecule has 0 spiro atoms. The predicted molar refractivity (Wildman–Crippen MR) is 265 cm³/mol. The van der Waals surface area contributed by atoms with Crippen molar-refractivity contribution in [3.63, 3.8) is 0 Å². The van der Waals surface area contributed by atoms with Crippen LogP contribution in [0.2, 0.25) is 0 Å². The highest BCUT2D eigenvalue weighted by Gasteiger charge is 2.19. The zero-order chi connectivity index (χ0) is 45.1. The van der Waals surface area contributed by atoms with Crippen molar-refractivity contribution in [3.8, 4) is 0 Å². The molecule has 6 heteroatoms. The monoisotopic (exact) mass is 865 g/mol. The van der Waals surface area contributed by atoms with Crippen LogP contribution >= 0.6 is 0 Å². The van der Waals surface area contributed by atoms with E-state index in [1.807, 2.05) is 0 Å². The Kier molecular flexibility index (Phi) is 47.9. The summed E-state index contributed by atoms with van der Waals surface area (Å²) in [5.74, 6) is -0.938. The van der Waals surface area contributed by atoms with Crippen molar-refractivity contribution >= 4 is 17.9 Å². The number of carbonyl (C=O) groups is 3. The first-order valence-electron chi connectivity index (χ1n) is 25.9. The molecular formula is C56H96O6. The van der Waals surface area contributed by atoms with Crippen LogP contribution in [0.3, 0.4) is 0 Å². The molecule has 0 radical (unpaired) electrons. The van der Waals surface area contributed by atoms with Crippen molar-refractivity contribution in [2.45, 2.75) is 252 Å². The van der Waals surface area contributed by atoms with Crippen molar-refractivity contribution in [2.75, 3.05) is 13.2 Å². The smallest absolute Gasteiger partial charge is 0.306 e. The van der Waals surface area contributed by atoms with Crippen LogP contribution in [0.15, 0.2) is 72.9 Å². The summed E-state index contributed by atoms with van der Waals surface area (Å²) in [5.41, 5.74) is 0. The molecule has 0 aromatic rings. The number of hydrogen-bond donors (Lipinski definition) is 0. The summed E-state index contributed by atoms with van der Waals surface area (Å²) < 4.78 is 16.8. The number of hydrogen-bond acceptors (Lipinski definition) is 6. The van der Waals surface area contributed by atoms with Gasteiger partial charge >= 0.3 is 17.9 Å². The number of ether oxygens (including phenoxy) is 3. The highest BCUT2D eigenvalue weighted by Crippen LogP contribution is 2.14. The van der Waals surface area contributed by atoms with Gasteiger partial charge in [0.05, 0.1) is 0 Å². The van der Waals surface area contributed by atoms with E-state index in [4.69, 9.17) is 14.2 Å². The van der Waals surface area contributed by atoms with Crippen LogP contribution in [0.1, 0.15) is 245 Å². The minimum atomic E-state index is -0.796. The molecule has 0 aromatic heterocycles. The summed E-state index contributed by atoms with van der Waals surface area (Å²) in [5, 5.41) is 0. The Balaban J connectivity index is 4.42. The van der Waals surface area contributed by atoms with Crippen molar-refractivity contribution in [1.82, 2.24) is 0 Å². The van der Waals surface area contributed by atoms with Gasteiger partial charge in [0.2, 0.25) is 0 Å². The minimum Gasteiger partial charge on any atom is -0.462 e. The van der Waals surface area contributed by atoms with Gasteiger partial charge in [0.1, 0.15) is 13.2 Å². The zero-order valence-electron chi connectivity index (χ0n) is 40.6. The molecule has 6 nitrogen and oxygen atoms in total. The second-order valence-electron chi connectivity index (χ2n) is 17.0. The summed E-state index contributed by atoms with van der Waals surface area (Å²) in [7, 11) is 0. The molecule has 1 unspecified atom stereocenters. The molecule has 0 aliphatic heterocycles. The van der Waals surface area contributed by atoms with E-state index >= 15 is 0 Å². The van der Waals surface area contributed by atoms with Crippen molar-refractivity contribution in [1.29, 1.82) is 0 Å². The van der Waals surface area contributed by atoms with E-state index in [-0.39, 0.29) is 37.5 Å². The highest BCUT2D eigenvalue weighted by molar-refractivity contribution is 5.71. The average molecular weight is 865 g/mol. The number of carbonyl (C=O) groups excluding carboxylic acids is 3. The molecule has 1 atom stereocenters. The molecule has 0 heterocycles. The Morgan fingerprint density at radius 1 is 0.339 bits per heavy atom. The van der Waals surface area contributed by atoms with Gasteiger partial charge in [0.25, 0.3) is 0 Å². The topological polar surface area (TPSA) is 78.9 Å². The molecule has 0 aromatic carbocycles. The fourth-order valence-electron chi connectivity index (χ4n) is 7.00. The molecule has 0 rings (SSSR count). The van der Waals surface area contributed by atoms with Gasteiger partial charge in [0.15, 0.2) is 6.10 Å². The number of allylic oxidation sites excluding steroid dienone is 12. The van der Waals surface area contributed by atoms with Crippen LogP contribution in [0.25, 0.3) is 0 Å². The van der Waals surface area contributed by atoms with Crippen LogP contribution in [0.5, 0.6) is 0 Å². The standard InChI is InChI=1S/C56H96O6/c1-4-7-10-13-16-19-22-24-26-28-30-31-34-37-40-43-46-49-55(58)61-52-53(51-60-54(57)48-45-42-39-36-33-21-18-15-12-9-6-3)62-56(59)50-47-44-41-38-35-32-29-27-25-23-20-17-14-11-8-5-2/h8,11,15,17-18,20,24-27,32,35,53H,4-7,9-10,12-14,16,19,21-23,28-31,33-34,36-52H2,1-3H3/b11-8-,18-15-,20-17-,26-24-,27-25-,35-32-. The molecular weight excluding hydrogens is 769 g/mol. The normalized spacial score (nSPS) is 12.6. The van der Waals surface area contributed by atoms with Crippen molar-refractivity contribution in [2.24, 2.45) is 0 Å². The van der Waals surface area contributed by atoms with E-state index in [0.29, 0.717) is 12.8 Å². The summed E-state index contributed by atoms with van der Waals surface area (Å²) in [6.45, 7) is 6.44. The first kappa shape index (κ1) is 58.9. The van der Waals surface area contributed by atoms with Crippen molar-refractivity contribution < 1.29 is 28.6 Å². The van der Waals surface area contributed by atoms with Gasteiger partial charge in [-0.2, -0.15) is 0 Å². The quantitative estimate of drug-likeness (QED) is 0.0262. The SMILES string of the molecule is CC/C=C\C/C=C\C/C=C\C/C=C\CCCCCC(=O)OC(COC(=O)CCCCCCC/C=C\CCCC)COC(=O)CCCCCCCCC/C=C\CCCCCCCC. The maximum absolute atomic E-state index is 12.8. The van der Waals surface area contributed by atoms with Crippen molar-refractivity contribution in [3.05, 3.63) is 72.9 Å². The molecule has 0 saturated carbocycles. The molecule has 0 saturated heterocycles. The molecule has 0 aliphatic carbocycles. The van der Waals surface area contributed by atoms with Crippen LogP contribution in [0, 0.1) is 0 Å². The van der Waals surface area contributed by atoms with Gasteiger partial charge < -0.3 is 14.2 Å². The Bertz CT molecular complexity index is 1180. The lowest BCUT2D eigenvalue weighted by Crippen LogP contribution is -2.30. The fraction of sp³-hybridized carbons (Fsp3) is 0.732. The van der Waals surface area contributed by atoms with Crippen LogP contribution < -0.4 is 0 Å². The zero-order valence-corrected chi connectivity index (χ0v) is 40.6. The van der Waals surface area contributed by atoms with Gasteiger partial charge in [0, 0.05) is 19.3 Å². The lowest BCUT2D eigenvalue weighted by atomic mass is 10.1. The van der Waals surface area contributed by atoms with Gasteiger partial charge in [-0.05, 0) is 103 Å². The van der Waals surface area contributed by atoms with E-state index in [9.17, 15) is 14.4 Å². The van der Waals surface area contributed by atoms with E-state index < -0.39 is 6.10 Å². The van der Waals surface area contributed by atoms with Gasteiger partial charge in [-0.3, -0.25) is 14.4 Å². The van der Waals surface area contributed by atoms with Crippen LogP contribution in [-0.4, -0.2) is 37.2 Å². The summed E-state index contributed by atoms with van der Waals surface area (Å²) in [6.07, 6.45) is 63.1. The van der Waals surface area contributed by atoms with E-state index in [2.05, 4.69) is 93.7 Å². The van der Waals surface area contributed by atoms with Gasteiger partial charge in [-0.15, -0.1) is 0 Å². The fourth-order valence-corrected chi connectivity index (χ4v) is 7.00. The van der Waals surface area contributed by atoms with Crippen LogP contribution in [0.4, 0.5) is 0 Å². The Hall–Kier alpha value is -3.15. The molecule has 0 bridgehead atoms. The Morgan fingerprint density at radius 2 is 0.645 bits per heavy atom. The third kappa shape index (κ3) is 47.9. The lowest BCUT2D eigenvalue weighted by molar-refractivity contribution is -0.167. The van der Waals surface area contributed by atoms with E-state index in [0.717, 1.165) is 96.3 Å². The molecule has 0 fully saturated rings. The largest absolute Gasteiger partial charge is 0.462 e. The molecule has 0 aliphatic rings. The first-order valence-corrected chi connectivity index (χ1v) is 25.9. The second-order valence-corrected chi connectivity index (χ2v) is 17.0. The number of unbranched alkanes of at least 4 members (excludes halogenated alkanes) is 23. The average Bonchev–Trinajstić information content (AvgIpc) is 3.27. The van der Waals surface area contributed by atoms with E-state index in [1.54, 1.807) is 0 Å². The number of esters is 3. The molecule has 62 heavy (non-hydrogen) atoms. The molecule has 0 amide bonds. The number of rotatable bonds is 46. The molecule has 356 valence electrons. The summed E-state index contributed by atoms with van der Waals surface area (Å²) in [4.78, 5) is 37.9. The third-order valence-corrected chi connectivity index (χ3v) is 10.9. The maximum Gasteiger partial charge on any atom is 0.306 e. The highest BCUT2D eigenvalue weighted by atomic mass is 16.6. The summed E-state index contributed by atoms with van der Waals surface area (Å²) >= 11 is 0. The Labute approximate surface area is 382 Å². The Morgan fingerprint density at radius 3 is 1.06 bits per heavy atom. The second kappa shape index (κ2) is 50.5. The first-order chi connectivity index (χ1) is 30.5. The van der Waals surface area contributed by atoms with Crippen LogP contribution in [-0.2, 0) is 28.6 Å². The summed E-state index contributed by atoms with van der Waals surface area (Å²) in [6, 6.07) is 0. The maximum atomic E-state index is 12.8.